The first-order chi connectivity index (χ1) is 48.5. The molecule has 0 bridgehead atoms. The summed E-state index contributed by atoms with van der Waals surface area (Å²) in [5.41, 5.74) is 0. The summed E-state index contributed by atoms with van der Waals surface area (Å²) in [6.07, 6.45) is -77.4. The van der Waals surface area contributed by atoms with Gasteiger partial charge in [-0.2, -0.15) is 0 Å². The first kappa shape index (κ1) is 85.0. The second-order valence-electron chi connectivity index (χ2n) is 26.1. The number of nitrogens with one attached hydrogen (secondary N) is 3. The topological polar surface area (TPSA) is 728 Å². The number of carboxylic acid groups (broad SMARTS) is 1. The lowest BCUT2D eigenvalue weighted by atomic mass is 9.88. The maximum Gasteiger partial charge on any atom is 0.364 e. The molecule has 27 N–H and O–H groups in total. The molecule has 596 valence electrons. The molecule has 41 atom stereocenters. The summed E-state index contributed by atoms with van der Waals surface area (Å²) < 4.78 is 87.8. The predicted octanol–water partition coefficient (Wildman–Crippen LogP) is -17.8. The fourth-order valence-electron chi connectivity index (χ4n) is 13.1. The van der Waals surface area contributed by atoms with Crippen LogP contribution in [0.2, 0.25) is 0 Å². The van der Waals surface area contributed by atoms with Crippen molar-refractivity contribution in [1.82, 2.24) is 16.0 Å². The Kier molecular flexibility index (Phi) is 29.9. The standard InChI is InChI=1S/C57H95N3O43/c1-13-28(71)34(77)39(82)52(91-13)101-47-27(60-16(4)68)50(94-22(10-65)45(47)100-53-40(83)35(78)30(73)19(7-62)93-53)89-11-23-32(75)48(42(85)55(96-23)99-44-20(8-63)92-49(86)38(81)37(44)80)102-51-26(59-15(3)67)33(76)43(21(9-64)95-51)98-54-41(84)36(79)31(74)24(97-54)12-90-57(56(87)88)5-17(69)25(58-14(2)66)46(103-57)29(72)18(70)6-61/h13,17-55,61-65,69-86H,5-12H2,1-4H3,(H,58,66)(H,59,67)(H,60,68)(H,87,88)/t13-,17-,18+,19+,20+,21+,22+,23+,24+,25+,26+,27+,28+,29+,30-,31-,32-,33+,34+,35-,36-,37+,38+,39-,40+,41+,42+,43+,44+,45+,46+,47+,48-,49-,50+,51-,52-,53-,54-,55-,57-/m0/s1. The summed E-state index contributed by atoms with van der Waals surface area (Å²) in [4.78, 5) is 51.3. The van der Waals surface area contributed by atoms with E-state index in [0.29, 0.717) is 0 Å². The molecule has 8 aliphatic heterocycles. The molecule has 0 aliphatic carbocycles. The molecule has 8 aliphatic rings. The van der Waals surface area contributed by atoms with E-state index in [0.717, 1.165) is 20.8 Å². The molecular formula is C57H95N3O43. The number of hydrogen-bond donors (Lipinski definition) is 27. The monoisotopic (exact) mass is 1510 g/mol. The minimum Gasteiger partial charge on any atom is -0.477 e. The van der Waals surface area contributed by atoms with Gasteiger partial charge in [0.05, 0.1) is 64.5 Å². The van der Waals surface area contributed by atoms with Crippen molar-refractivity contribution in [2.75, 3.05) is 46.2 Å². The summed E-state index contributed by atoms with van der Waals surface area (Å²) in [5.74, 6) is -7.83. The highest BCUT2D eigenvalue weighted by molar-refractivity contribution is 5.77. The Hall–Kier alpha value is -3.64. The van der Waals surface area contributed by atoms with Crippen LogP contribution in [0.15, 0.2) is 0 Å². The van der Waals surface area contributed by atoms with Crippen LogP contribution < -0.4 is 16.0 Å². The van der Waals surface area contributed by atoms with Crippen molar-refractivity contribution in [2.45, 2.75) is 285 Å². The third-order valence-corrected chi connectivity index (χ3v) is 18.8. The Bertz CT molecular complexity index is 2720. The zero-order valence-corrected chi connectivity index (χ0v) is 55.2. The maximum atomic E-state index is 13.2. The van der Waals surface area contributed by atoms with Gasteiger partial charge in [0.25, 0.3) is 5.79 Å². The first-order valence-electron chi connectivity index (χ1n) is 32.6. The van der Waals surface area contributed by atoms with Crippen LogP contribution in [0.25, 0.3) is 0 Å². The number of aliphatic carboxylic acids is 1. The molecule has 46 nitrogen and oxygen atoms in total. The lowest BCUT2D eigenvalue weighted by Gasteiger charge is -2.51. The van der Waals surface area contributed by atoms with E-state index < -0.39 is 327 Å². The molecule has 8 saturated heterocycles. The quantitative estimate of drug-likeness (QED) is 0.0363. The van der Waals surface area contributed by atoms with E-state index in [1.165, 1.54) is 6.92 Å². The number of hydrogen-bond acceptors (Lipinski definition) is 42. The van der Waals surface area contributed by atoms with Crippen LogP contribution in [0, 0.1) is 0 Å². The van der Waals surface area contributed by atoms with Gasteiger partial charge in [-0.05, 0) is 6.92 Å². The third kappa shape index (κ3) is 18.6. The largest absolute Gasteiger partial charge is 0.477 e. The van der Waals surface area contributed by atoms with E-state index in [9.17, 15) is 142 Å². The van der Waals surface area contributed by atoms with Gasteiger partial charge in [-0.1, -0.05) is 0 Å². The second kappa shape index (κ2) is 36.3. The fourth-order valence-corrected chi connectivity index (χ4v) is 13.1. The number of carbonyl (C=O) groups is 4. The SMILES string of the molecule is CC(=O)N[C@H]1[C@H](O[C@H]2[C@@H](O)[C@@H](CO[C@@H]3O[C@H](CO)[C@@H](O[C@@H]4O[C@H](CO)[C@H](O)[C@H](O)[C@H]4O)[C@H](O[C@@H]4O[C@@H](C)[C@@H](O)[C@@H](O)[C@@H]4O)[C@H]3NC(C)=O)O[C@@H](O[C@H]3[C@H](O)[C@@H](O)[C@@H](O)O[C@@H]3CO)[C@@H]2O)O[C@H](CO)[C@@H](O[C@@H]2O[C@H](CO[C@@]3(C(=O)O)C[C@H](O)[C@@H](NC(C)=O)[C@H]([C@H](O)[C@H](O)CO)O3)[C@H](O)[C@H](O)[C@H]2O)[C@@H]1O. The Morgan fingerprint density at radius 2 is 0.845 bits per heavy atom. The van der Waals surface area contributed by atoms with E-state index in [1.54, 1.807) is 0 Å². The maximum absolute atomic E-state index is 13.2. The van der Waals surface area contributed by atoms with Crippen LogP contribution in [-0.4, -0.2) is 444 Å². The van der Waals surface area contributed by atoms with Crippen LogP contribution in [0.1, 0.15) is 34.1 Å². The molecule has 8 fully saturated rings. The van der Waals surface area contributed by atoms with Crippen molar-refractivity contribution in [3.63, 3.8) is 0 Å². The molecule has 46 heteroatoms. The minimum atomic E-state index is -3.06. The molecule has 8 rings (SSSR count). The lowest BCUT2D eigenvalue weighted by Crippen LogP contribution is -2.70. The van der Waals surface area contributed by atoms with Gasteiger partial charge in [0.15, 0.2) is 44.0 Å². The Morgan fingerprint density at radius 3 is 1.39 bits per heavy atom. The van der Waals surface area contributed by atoms with E-state index in [1.807, 2.05) is 0 Å². The molecule has 0 aromatic carbocycles. The average molecular weight is 1510 g/mol. The van der Waals surface area contributed by atoms with Crippen LogP contribution >= 0.6 is 0 Å². The highest BCUT2D eigenvalue weighted by Gasteiger charge is 2.61. The van der Waals surface area contributed by atoms with Crippen LogP contribution in [0.4, 0.5) is 0 Å². The highest BCUT2D eigenvalue weighted by atomic mass is 16.8. The fraction of sp³-hybridized carbons (Fsp3) is 0.930. The Balaban J connectivity index is 1.08. The van der Waals surface area contributed by atoms with Gasteiger partial charge >= 0.3 is 5.97 Å². The number of ether oxygens (including phenoxy) is 15. The third-order valence-electron chi connectivity index (χ3n) is 18.8. The first-order valence-corrected chi connectivity index (χ1v) is 32.6. The number of carboxylic acids is 1. The molecular weight excluding hydrogens is 1410 g/mol. The van der Waals surface area contributed by atoms with Gasteiger partial charge in [0.2, 0.25) is 17.7 Å². The predicted molar refractivity (Wildman–Crippen MR) is 315 cm³/mol. The van der Waals surface area contributed by atoms with Crippen molar-refractivity contribution in [1.29, 1.82) is 0 Å². The smallest absolute Gasteiger partial charge is 0.364 e. The number of aliphatic hydroxyl groups is 23. The summed E-state index contributed by atoms with van der Waals surface area (Å²) in [7, 11) is 0. The average Bonchev–Trinajstić information content (AvgIpc) is 0.774. The molecule has 0 saturated carbocycles. The molecule has 8 heterocycles. The Morgan fingerprint density at radius 1 is 0.417 bits per heavy atom. The van der Waals surface area contributed by atoms with E-state index in [-0.39, 0.29) is 0 Å². The van der Waals surface area contributed by atoms with Crippen LogP contribution in [0.5, 0.6) is 0 Å². The second-order valence-corrected chi connectivity index (χ2v) is 26.1. The van der Waals surface area contributed by atoms with Gasteiger partial charge in [-0.3, -0.25) is 14.4 Å². The normalized spacial score (nSPS) is 48.3. The molecule has 0 radical (unpaired) electrons. The summed E-state index contributed by atoms with van der Waals surface area (Å²) in [6.45, 7) is -3.70. The molecule has 0 aromatic heterocycles. The summed E-state index contributed by atoms with van der Waals surface area (Å²) in [6, 6.07) is -5.53. The summed E-state index contributed by atoms with van der Waals surface area (Å²) in [5, 5.41) is 269. The number of carbonyl (C=O) groups excluding carboxylic acids is 3. The van der Waals surface area contributed by atoms with E-state index >= 15 is 0 Å². The van der Waals surface area contributed by atoms with E-state index in [4.69, 9.17) is 71.1 Å². The Labute approximate surface area is 582 Å². The molecule has 103 heavy (non-hydrogen) atoms. The van der Waals surface area contributed by atoms with Crippen molar-refractivity contribution >= 4 is 23.7 Å². The molecule has 3 amide bonds. The highest BCUT2D eigenvalue weighted by Crippen LogP contribution is 2.40. The van der Waals surface area contributed by atoms with Crippen molar-refractivity contribution in [3.05, 3.63) is 0 Å². The van der Waals surface area contributed by atoms with Crippen LogP contribution in [0.3, 0.4) is 0 Å². The van der Waals surface area contributed by atoms with Crippen LogP contribution in [-0.2, 0) is 90.2 Å². The summed E-state index contributed by atoms with van der Waals surface area (Å²) >= 11 is 0. The van der Waals surface area contributed by atoms with Crippen molar-refractivity contribution < 1.29 is 213 Å². The number of aliphatic hydroxyl groups excluding tert-OH is 23. The molecule has 0 spiro atoms. The number of rotatable bonds is 27. The van der Waals surface area contributed by atoms with Crippen molar-refractivity contribution in [2.24, 2.45) is 0 Å². The van der Waals surface area contributed by atoms with Gasteiger partial charge in [-0.15, -0.1) is 0 Å². The van der Waals surface area contributed by atoms with Gasteiger partial charge in [0, 0.05) is 27.2 Å². The zero-order chi connectivity index (χ0) is 76.3. The van der Waals surface area contributed by atoms with Gasteiger partial charge in [-0.25, -0.2) is 4.79 Å². The number of amides is 3. The van der Waals surface area contributed by atoms with Gasteiger partial charge in [0.1, 0.15) is 183 Å². The zero-order valence-electron chi connectivity index (χ0n) is 55.2. The van der Waals surface area contributed by atoms with E-state index in [2.05, 4.69) is 16.0 Å². The van der Waals surface area contributed by atoms with Gasteiger partial charge < -0.3 is 210 Å². The molecule has 0 aromatic rings. The van der Waals surface area contributed by atoms with Crippen molar-refractivity contribution in [3.8, 4) is 0 Å². The lowest BCUT2D eigenvalue weighted by molar-refractivity contribution is -0.388. The molecule has 0 unspecified atom stereocenters. The minimum absolute atomic E-state index is 0.824.